The number of amides is 2. The summed E-state index contributed by atoms with van der Waals surface area (Å²) in [5, 5.41) is 19.2. The number of hydrogen-bond acceptors (Lipinski definition) is 7. The molecule has 8 rings (SSSR count). The van der Waals surface area contributed by atoms with Crippen LogP contribution >= 0.6 is 0 Å². The summed E-state index contributed by atoms with van der Waals surface area (Å²) < 4.78 is 3.39. The monoisotopic (exact) mass is 686 g/mol. The van der Waals surface area contributed by atoms with Gasteiger partial charge in [-0.05, 0) is 73.9 Å². The Morgan fingerprint density at radius 1 is 0.827 bits per heavy atom. The fraction of sp³-hybridized carbons (Fsp3) is 0.125. The van der Waals surface area contributed by atoms with E-state index in [1.54, 1.807) is 15.3 Å². The minimum absolute atomic E-state index is 0.197. The largest absolute Gasteiger partial charge is 0.342 e. The van der Waals surface area contributed by atoms with Crippen LogP contribution < -0.4 is 10.6 Å². The van der Waals surface area contributed by atoms with Crippen LogP contribution in [0.4, 0.5) is 5.69 Å². The van der Waals surface area contributed by atoms with Gasteiger partial charge in [0.05, 0.1) is 36.0 Å². The highest BCUT2D eigenvalue weighted by atomic mass is 16.2. The molecule has 8 aromatic rings. The van der Waals surface area contributed by atoms with Gasteiger partial charge < -0.3 is 15.6 Å². The number of aromatic nitrogens is 8. The van der Waals surface area contributed by atoms with Gasteiger partial charge >= 0.3 is 0 Å². The van der Waals surface area contributed by atoms with E-state index in [0.717, 1.165) is 39.1 Å². The predicted molar refractivity (Wildman–Crippen MR) is 198 cm³/mol. The molecular formula is C40H34N10O2. The quantitative estimate of drug-likeness (QED) is 0.149. The van der Waals surface area contributed by atoms with Crippen LogP contribution in [0.25, 0.3) is 27.9 Å². The van der Waals surface area contributed by atoms with E-state index >= 15 is 0 Å². The summed E-state index contributed by atoms with van der Waals surface area (Å²) in [6.07, 6.45) is 3.97. The average molecular weight is 687 g/mol. The number of anilines is 1. The Kier molecular flexibility index (Phi) is 8.53. The normalized spacial score (nSPS) is 11.9. The van der Waals surface area contributed by atoms with E-state index in [-0.39, 0.29) is 17.9 Å². The van der Waals surface area contributed by atoms with Crippen molar-refractivity contribution in [3.8, 4) is 11.3 Å². The molecule has 4 aromatic heterocycles. The van der Waals surface area contributed by atoms with Gasteiger partial charge in [0, 0.05) is 28.2 Å². The van der Waals surface area contributed by atoms with Crippen LogP contribution in [-0.2, 0) is 13.0 Å². The fourth-order valence-corrected chi connectivity index (χ4v) is 6.30. The molecule has 256 valence electrons. The lowest BCUT2D eigenvalue weighted by atomic mass is 10.0. The zero-order chi connectivity index (χ0) is 35.6. The van der Waals surface area contributed by atoms with Crippen molar-refractivity contribution in [2.24, 2.45) is 0 Å². The Bertz CT molecular complexity index is 2520. The van der Waals surface area contributed by atoms with Gasteiger partial charge in [-0.1, -0.05) is 71.9 Å². The number of benzene rings is 4. The molecule has 0 saturated carbocycles. The van der Waals surface area contributed by atoms with E-state index in [2.05, 4.69) is 36.0 Å². The van der Waals surface area contributed by atoms with E-state index in [9.17, 15) is 9.59 Å². The Morgan fingerprint density at radius 2 is 1.62 bits per heavy atom. The van der Waals surface area contributed by atoms with Crippen molar-refractivity contribution in [1.82, 2.24) is 44.9 Å². The topological polar surface area (TPSA) is 148 Å². The van der Waals surface area contributed by atoms with E-state index in [0.29, 0.717) is 46.9 Å². The molecule has 12 heteroatoms. The Morgan fingerprint density at radius 3 is 2.44 bits per heavy atom. The van der Waals surface area contributed by atoms with E-state index in [1.165, 1.54) is 6.20 Å². The molecule has 0 aliphatic carbocycles. The minimum Gasteiger partial charge on any atom is -0.342 e. The van der Waals surface area contributed by atoms with E-state index in [4.69, 9.17) is 4.98 Å². The van der Waals surface area contributed by atoms with Crippen molar-refractivity contribution in [3.05, 3.63) is 161 Å². The minimum atomic E-state index is -0.361. The van der Waals surface area contributed by atoms with Gasteiger partial charge in [-0.25, -0.2) is 19.2 Å². The number of para-hydroxylation sites is 2. The summed E-state index contributed by atoms with van der Waals surface area (Å²) in [4.78, 5) is 39.4. The molecule has 0 aliphatic rings. The lowest BCUT2D eigenvalue weighted by Crippen LogP contribution is -2.30. The van der Waals surface area contributed by atoms with Gasteiger partial charge in [-0.2, -0.15) is 5.10 Å². The second kappa shape index (κ2) is 13.8. The van der Waals surface area contributed by atoms with Crippen molar-refractivity contribution >= 4 is 34.2 Å². The molecule has 0 bridgehead atoms. The molecule has 1 unspecified atom stereocenters. The number of aryl methyl sites for hydroxylation is 2. The maximum Gasteiger partial charge on any atom is 0.261 e. The van der Waals surface area contributed by atoms with Crippen molar-refractivity contribution in [2.75, 3.05) is 5.32 Å². The Balaban J connectivity index is 0.938. The number of carbonyl (C=O) groups excluding carboxylic acids is 2. The number of H-pyrrole nitrogens is 1. The first-order chi connectivity index (χ1) is 25.4. The van der Waals surface area contributed by atoms with Crippen molar-refractivity contribution in [1.29, 1.82) is 0 Å². The second-order valence-corrected chi connectivity index (χ2v) is 12.7. The molecule has 0 radical (unpaired) electrons. The molecule has 1 atom stereocenters. The summed E-state index contributed by atoms with van der Waals surface area (Å²) in [6.45, 7) is 4.24. The lowest BCUT2D eigenvalue weighted by Gasteiger charge is -2.17. The molecule has 3 N–H and O–H groups in total. The fourth-order valence-electron chi connectivity index (χ4n) is 6.30. The van der Waals surface area contributed by atoms with Gasteiger partial charge in [0.2, 0.25) is 0 Å². The average Bonchev–Trinajstić information content (AvgIpc) is 3.91. The predicted octanol–water partition coefficient (Wildman–Crippen LogP) is 6.50. The third kappa shape index (κ3) is 6.77. The maximum atomic E-state index is 13.7. The van der Waals surface area contributed by atoms with Crippen LogP contribution in [0.15, 0.2) is 122 Å². The van der Waals surface area contributed by atoms with E-state index < -0.39 is 0 Å². The Hall–Kier alpha value is -6.95. The van der Waals surface area contributed by atoms with Crippen LogP contribution in [0.5, 0.6) is 0 Å². The van der Waals surface area contributed by atoms with Gasteiger partial charge in [0.25, 0.3) is 11.8 Å². The first kappa shape index (κ1) is 32.3. The SMILES string of the molecule is Cc1cc(C)n2ncc(C(=O)Nc3ccc(-c4cn(Cc5cccc(C(=O)NC(Cc6ccccc6)c6nc7ccccc7[nH]6)c5)nn4)cc3)c2n1. The highest BCUT2D eigenvalue weighted by molar-refractivity contribution is 6.08. The maximum absolute atomic E-state index is 13.7. The molecule has 12 nitrogen and oxygen atoms in total. The number of imidazole rings is 1. The Labute approximate surface area is 298 Å². The van der Waals surface area contributed by atoms with Crippen LogP contribution in [-0.4, -0.2) is 51.4 Å². The summed E-state index contributed by atoms with van der Waals surface area (Å²) in [6, 6.07) is 34.3. The zero-order valence-corrected chi connectivity index (χ0v) is 28.5. The number of rotatable bonds is 10. The third-order valence-corrected chi connectivity index (χ3v) is 8.86. The number of hydrogen-bond donors (Lipinski definition) is 3. The first-order valence-electron chi connectivity index (χ1n) is 16.9. The molecule has 52 heavy (non-hydrogen) atoms. The summed E-state index contributed by atoms with van der Waals surface area (Å²) in [5.41, 5.74) is 9.10. The highest BCUT2D eigenvalue weighted by Gasteiger charge is 2.21. The number of fused-ring (bicyclic) bond motifs is 2. The second-order valence-electron chi connectivity index (χ2n) is 12.7. The third-order valence-electron chi connectivity index (χ3n) is 8.86. The smallest absolute Gasteiger partial charge is 0.261 e. The van der Waals surface area contributed by atoms with Gasteiger partial charge in [0.15, 0.2) is 5.65 Å². The molecule has 0 saturated heterocycles. The van der Waals surface area contributed by atoms with Crippen molar-refractivity contribution in [2.45, 2.75) is 32.9 Å². The van der Waals surface area contributed by atoms with Gasteiger partial charge in [-0.3, -0.25) is 9.59 Å². The molecule has 4 heterocycles. The van der Waals surface area contributed by atoms with Crippen LogP contribution in [0.3, 0.4) is 0 Å². The van der Waals surface area contributed by atoms with Gasteiger partial charge in [-0.15, -0.1) is 5.10 Å². The number of carbonyl (C=O) groups is 2. The summed E-state index contributed by atoms with van der Waals surface area (Å²) in [7, 11) is 0. The summed E-state index contributed by atoms with van der Waals surface area (Å²) >= 11 is 0. The van der Waals surface area contributed by atoms with Gasteiger partial charge in [0.1, 0.15) is 17.1 Å². The summed E-state index contributed by atoms with van der Waals surface area (Å²) in [5.74, 6) is 0.218. The van der Waals surface area contributed by atoms with Crippen molar-refractivity contribution in [3.63, 3.8) is 0 Å². The lowest BCUT2D eigenvalue weighted by molar-refractivity contribution is 0.0934. The van der Waals surface area contributed by atoms with Crippen LogP contribution in [0.1, 0.15) is 55.1 Å². The number of aromatic amines is 1. The zero-order valence-electron chi connectivity index (χ0n) is 28.5. The molecule has 4 aromatic carbocycles. The van der Waals surface area contributed by atoms with Crippen LogP contribution in [0, 0.1) is 13.8 Å². The number of nitrogens with zero attached hydrogens (tertiary/aromatic N) is 7. The first-order valence-corrected chi connectivity index (χ1v) is 16.9. The van der Waals surface area contributed by atoms with Crippen LogP contribution in [0.2, 0.25) is 0 Å². The van der Waals surface area contributed by atoms with E-state index in [1.807, 2.05) is 123 Å². The molecule has 0 fully saturated rings. The molecule has 2 amide bonds. The molecular weight excluding hydrogens is 653 g/mol. The number of nitrogens with one attached hydrogen (secondary N) is 3. The highest BCUT2D eigenvalue weighted by Crippen LogP contribution is 2.23. The standard InChI is InChI=1S/C40H34N10O2/c1-25-19-26(2)50-38(42-25)32(22-41-50)40(52)43-31-17-15-29(16-18-31)36-24-49(48-47-36)23-28-11-8-12-30(20-28)39(51)46-35(21-27-9-4-3-5-10-27)37-44-33-13-6-7-14-34(33)45-37/h3-20,22,24,35H,21,23H2,1-2H3,(H,43,52)(H,44,45)(H,46,51). The molecule has 0 aliphatic heterocycles. The molecule has 0 spiro atoms. The van der Waals surface area contributed by atoms with Crippen molar-refractivity contribution < 1.29 is 9.59 Å².